The highest BCUT2D eigenvalue weighted by atomic mass is 32.2. The van der Waals surface area contributed by atoms with Gasteiger partial charge in [0.2, 0.25) is 10.0 Å². The number of nitrogens with one attached hydrogen (secondary N) is 2. The number of carbonyl (C=O) groups is 1. The molecule has 156 valence electrons. The molecule has 3 aromatic carbocycles. The third kappa shape index (κ3) is 5.20. The van der Waals surface area contributed by atoms with Gasteiger partial charge in [0.15, 0.2) is 0 Å². The number of sulfonamides is 2. The molecule has 0 spiro atoms. The first-order valence-electron chi connectivity index (χ1n) is 8.37. The third-order valence-electron chi connectivity index (χ3n) is 3.94. The fourth-order valence-electron chi connectivity index (χ4n) is 2.47. The van der Waals surface area contributed by atoms with E-state index in [1.54, 1.807) is 0 Å². The van der Waals surface area contributed by atoms with E-state index >= 15 is 0 Å². The Morgan fingerprint density at radius 3 is 2.00 bits per heavy atom. The van der Waals surface area contributed by atoms with Crippen LogP contribution >= 0.6 is 0 Å². The van der Waals surface area contributed by atoms with Crippen molar-refractivity contribution in [3.8, 4) is 0 Å². The lowest BCUT2D eigenvalue weighted by molar-refractivity contribution is 0.102. The van der Waals surface area contributed by atoms with Crippen LogP contribution in [0.5, 0.6) is 0 Å². The maximum Gasteiger partial charge on any atom is 0.261 e. The van der Waals surface area contributed by atoms with Crippen LogP contribution in [0.3, 0.4) is 0 Å². The van der Waals surface area contributed by atoms with Gasteiger partial charge in [0, 0.05) is 16.9 Å². The second-order valence-corrected chi connectivity index (χ2v) is 9.41. The molecule has 0 bridgehead atoms. The molecule has 3 aromatic rings. The maximum atomic E-state index is 13.0. The summed E-state index contributed by atoms with van der Waals surface area (Å²) >= 11 is 0. The normalized spacial score (nSPS) is 11.7. The molecule has 3 rings (SSSR count). The Hall–Kier alpha value is -3.28. The smallest absolute Gasteiger partial charge is 0.261 e. The van der Waals surface area contributed by atoms with E-state index in [-0.39, 0.29) is 21.0 Å². The fourth-order valence-corrected chi connectivity index (χ4v) is 4.09. The first kappa shape index (κ1) is 21.4. The van der Waals surface area contributed by atoms with E-state index in [0.29, 0.717) is 5.69 Å². The van der Waals surface area contributed by atoms with E-state index in [9.17, 15) is 26.0 Å². The molecule has 0 aliphatic heterocycles. The van der Waals surface area contributed by atoms with Gasteiger partial charge in [-0.25, -0.2) is 26.4 Å². The average molecular weight is 449 g/mol. The molecule has 0 aliphatic carbocycles. The number of rotatable bonds is 6. The lowest BCUT2D eigenvalue weighted by Crippen LogP contribution is -2.16. The van der Waals surface area contributed by atoms with Gasteiger partial charge in [0.1, 0.15) is 5.82 Å². The van der Waals surface area contributed by atoms with Crippen molar-refractivity contribution >= 4 is 37.3 Å². The Morgan fingerprint density at radius 1 is 0.800 bits per heavy atom. The molecule has 0 fully saturated rings. The van der Waals surface area contributed by atoms with Crippen molar-refractivity contribution in [2.75, 3.05) is 10.0 Å². The summed E-state index contributed by atoms with van der Waals surface area (Å²) in [5, 5.41) is 7.56. The molecule has 0 saturated heterocycles. The van der Waals surface area contributed by atoms with Crippen molar-refractivity contribution in [1.29, 1.82) is 0 Å². The topological polar surface area (TPSA) is 135 Å². The van der Waals surface area contributed by atoms with Crippen molar-refractivity contribution in [1.82, 2.24) is 0 Å². The van der Waals surface area contributed by atoms with Gasteiger partial charge in [-0.1, -0.05) is 6.07 Å². The van der Waals surface area contributed by atoms with Crippen molar-refractivity contribution < 1.29 is 26.0 Å². The minimum Gasteiger partial charge on any atom is -0.322 e. The van der Waals surface area contributed by atoms with E-state index in [1.165, 1.54) is 60.7 Å². The van der Waals surface area contributed by atoms with Gasteiger partial charge in [-0.15, -0.1) is 0 Å². The maximum absolute atomic E-state index is 13.0. The van der Waals surface area contributed by atoms with Gasteiger partial charge in [-0.3, -0.25) is 9.52 Å². The molecule has 0 saturated carbocycles. The Morgan fingerprint density at radius 2 is 1.40 bits per heavy atom. The Bertz CT molecular complexity index is 1290. The molecule has 0 unspecified atom stereocenters. The van der Waals surface area contributed by atoms with Gasteiger partial charge < -0.3 is 5.32 Å². The second-order valence-electron chi connectivity index (χ2n) is 6.16. The van der Waals surface area contributed by atoms with Gasteiger partial charge in [0.05, 0.1) is 9.79 Å². The first-order valence-corrected chi connectivity index (χ1v) is 11.4. The van der Waals surface area contributed by atoms with Crippen LogP contribution in [-0.2, 0) is 20.0 Å². The number of hydrogen-bond acceptors (Lipinski definition) is 5. The number of primary sulfonamides is 1. The fraction of sp³-hybridized carbons (Fsp3) is 0. The quantitative estimate of drug-likeness (QED) is 0.531. The van der Waals surface area contributed by atoms with Gasteiger partial charge in [-0.05, 0) is 66.7 Å². The first-order chi connectivity index (χ1) is 14.0. The Labute approximate surface area is 172 Å². The van der Waals surface area contributed by atoms with E-state index in [1.807, 2.05) is 0 Å². The summed E-state index contributed by atoms with van der Waals surface area (Å²) < 4.78 is 62.9. The molecule has 0 heterocycles. The van der Waals surface area contributed by atoms with Crippen molar-refractivity contribution in [3.63, 3.8) is 0 Å². The molecule has 0 atom stereocenters. The predicted molar refractivity (Wildman–Crippen MR) is 109 cm³/mol. The average Bonchev–Trinajstić information content (AvgIpc) is 2.69. The van der Waals surface area contributed by atoms with Crippen LogP contribution in [0.25, 0.3) is 0 Å². The molecule has 8 nitrogen and oxygen atoms in total. The van der Waals surface area contributed by atoms with Crippen LogP contribution < -0.4 is 15.2 Å². The number of halogens is 1. The number of anilines is 2. The largest absolute Gasteiger partial charge is 0.322 e. The number of nitrogens with two attached hydrogens (primary N) is 1. The SMILES string of the molecule is NS(=O)(=O)c1ccc(NC(=O)c2cccc(S(=O)(=O)Nc3ccc(F)cc3)c2)cc1. The Kier molecular flexibility index (Phi) is 5.87. The predicted octanol–water partition coefficient (Wildman–Crippen LogP) is 2.53. The lowest BCUT2D eigenvalue weighted by atomic mass is 10.2. The number of amides is 1. The highest BCUT2D eigenvalue weighted by Gasteiger charge is 2.17. The molecular formula is C19H16FN3O5S2. The van der Waals surface area contributed by atoms with E-state index in [2.05, 4.69) is 10.0 Å². The molecule has 4 N–H and O–H groups in total. The zero-order valence-corrected chi connectivity index (χ0v) is 16.9. The summed E-state index contributed by atoms with van der Waals surface area (Å²) in [5.74, 6) is -1.11. The van der Waals surface area contributed by atoms with Gasteiger partial charge in [-0.2, -0.15) is 0 Å². The molecular weight excluding hydrogens is 433 g/mol. The zero-order chi connectivity index (χ0) is 21.9. The van der Waals surface area contributed by atoms with Crippen LogP contribution in [-0.4, -0.2) is 22.7 Å². The van der Waals surface area contributed by atoms with Crippen molar-refractivity contribution in [2.24, 2.45) is 5.14 Å². The summed E-state index contributed by atoms with van der Waals surface area (Å²) in [6.07, 6.45) is 0. The minimum absolute atomic E-state index is 0.0625. The van der Waals surface area contributed by atoms with Crippen molar-refractivity contribution in [2.45, 2.75) is 9.79 Å². The monoisotopic (exact) mass is 449 g/mol. The van der Waals surface area contributed by atoms with Crippen LogP contribution in [0.2, 0.25) is 0 Å². The third-order valence-corrected chi connectivity index (χ3v) is 6.25. The summed E-state index contributed by atoms with van der Waals surface area (Å²) in [4.78, 5) is 12.2. The van der Waals surface area contributed by atoms with Crippen LogP contribution in [0.15, 0.2) is 82.6 Å². The van der Waals surface area contributed by atoms with Crippen LogP contribution in [0, 0.1) is 5.82 Å². The molecule has 30 heavy (non-hydrogen) atoms. The molecule has 1 amide bonds. The Balaban J connectivity index is 1.78. The number of carbonyl (C=O) groups excluding carboxylic acids is 1. The molecule has 0 aliphatic rings. The minimum atomic E-state index is -4.01. The molecule has 0 radical (unpaired) electrons. The molecule has 11 heteroatoms. The number of hydrogen-bond donors (Lipinski definition) is 3. The summed E-state index contributed by atoms with van der Waals surface area (Å²) in [5.41, 5.74) is 0.527. The van der Waals surface area contributed by atoms with E-state index in [4.69, 9.17) is 5.14 Å². The van der Waals surface area contributed by atoms with Gasteiger partial charge in [0.25, 0.3) is 15.9 Å². The van der Waals surface area contributed by atoms with E-state index < -0.39 is 31.8 Å². The standard InChI is InChI=1S/C19H16FN3O5S2/c20-14-4-6-16(7-5-14)23-30(27,28)18-3-1-2-13(12-18)19(24)22-15-8-10-17(11-9-15)29(21,25)26/h1-12,23H,(H,22,24)(H2,21,25,26). The molecule has 0 aromatic heterocycles. The summed E-state index contributed by atoms with van der Waals surface area (Å²) in [6, 6.07) is 15.3. The second kappa shape index (κ2) is 8.22. The summed E-state index contributed by atoms with van der Waals surface area (Å²) in [7, 11) is -7.87. The highest BCUT2D eigenvalue weighted by Crippen LogP contribution is 2.19. The van der Waals surface area contributed by atoms with E-state index in [0.717, 1.165) is 12.1 Å². The lowest BCUT2D eigenvalue weighted by Gasteiger charge is -2.10. The highest BCUT2D eigenvalue weighted by molar-refractivity contribution is 7.92. The van der Waals surface area contributed by atoms with Crippen LogP contribution in [0.1, 0.15) is 10.4 Å². The number of benzene rings is 3. The van der Waals surface area contributed by atoms with Gasteiger partial charge >= 0.3 is 0 Å². The van der Waals surface area contributed by atoms with Crippen LogP contribution in [0.4, 0.5) is 15.8 Å². The van der Waals surface area contributed by atoms with Crippen molar-refractivity contribution in [3.05, 3.63) is 84.2 Å². The zero-order valence-electron chi connectivity index (χ0n) is 15.2. The summed E-state index contributed by atoms with van der Waals surface area (Å²) in [6.45, 7) is 0.